The van der Waals surface area contributed by atoms with Crippen LogP contribution in [0.5, 0.6) is 0 Å². The second-order valence-corrected chi connectivity index (χ2v) is 8.00. The van der Waals surface area contributed by atoms with Gasteiger partial charge in [-0.1, -0.05) is 19.8 Å². The van der Waals surface area contributed by atoms with Gasteiger partial charge in [0.2, 0.25) is 0 Å². The normalized spacial score (nSPS) is 23.0. The molecule has 2 rings (SSSR count). The van der Waals surface area contributed by atoms with Gasteiger partial charge in [-0.15, -0.1) is 0 Å². The van der Waals surface area contributed by atoms with Gasteiger partial charge >= 0.3 is 0 Å². The summed E-state index contributed by atoms with van der Waals surface area (Å²) in [5.74, 6) is 0.439. The highest BCUT2D eigenvalue weighted by Gasteiger charge is 2.34. The van der Waals surface area contributed by atoms with E-state index in [1.807, 2.05) is 6.92 Å². The third-order valence-corrected chi connectivity index (χ3v) is 5.70. The standard InChI is InChI=1S/C15H23NO4S/c1-3-6-13-11(9-10-20-13)15(17)16-12-7-4-5-8-14(12)21(2,18)19/h9-10,12,14H,3-8H2,1-2H3,(H,16,17)/t12-,14-/m1/s1. The van der Waals surface area contributed by atoms with Crippen molar-refractivity contribution in [3.8, 4) is 0 Å². The first-order valence-corrected chi connectivity index (χ1v) is 9.45. The Labute approximate surface area is 126 Å². The van der Waals surface area contributed by atoms with Crippen molar-refractivity contribution in [3.05, 3.63) is 23.7 Å². The maximum atomic E-state index is 12.4. The molecule has 1 aliphatic carbocycles. The van der Waals surface area contributed by atoms with E-state index in [9.17, 15) is 13.2 Å². The molecule has 118 valence electrons. The van der Waals surface area contributed by atoms with Gasteiger partial charge in [0.15, 0.2) is 9.84 Å². The number of hydrogen-bond donors (Lipinski definition) is 1. The molecule has 1 amide bonds. The molecular weight excluding hydrogens is 290 g/mol. The van der Waals surface area contributed by atoms with Crippen LogP contribution in [0.1, 0.15) is 55.1 Å². The van der Waals surface area contributed by atoms with Gasteiger partial charge in [0.05, 0.1) is 17.1 Å². The minimum Gasteiger partial charge on any atom is -0.469 e. The zero-order chi connectivity index (χ0) is 15.5. The first kappa shape index (κ1) is 16.1. The number of rotatable bonds is 5. The Balaban J connectivity index is 2.12. The second kappa shape index (κ2) is 6.64. The second-order valence-electron chi connectivity index (χ2n) is 5.74. The molecule has 2 atom stereocenters. The summed E-state index contributed by atoms with van der Waals surface area (Å²) < 4.78 is 29.1. The maximum absolute atomic E-state index is 12.4. The minimum absolute atomic E-state index is 0.229. The van der Waals surface area contributed by atoms with Crippen molar-refractivity contribution >= 4 is 15.7 Å². The highest BCUT2D eigenvalue weighted by Crippen LogP contribution is 2.24. The van der Waals surface area contributed by atoms with Crippen LogP contribution in [0.4, 0.5) is 0 Å². The van der Waals surface area contributed by atoms with Crippen molar-refractivity contribution in [3.63, 3.8) is 0 Å². The van der Waals surface area contributed by atoms with Crippen molar-refractivity contribution < 1.29 is 17.6 Å². The summed E-state index contributed by atoms with van der Waals surface area (Å²) in [5, 5.41) is 2.42. The SMILES string of the molecule is CCCc1occc1C(=O)N[C@@H]1CCCC[C@H]1S(C)(=O)=O. The quantitative estimate of drug-likeness (QED) is 0.905. The van der Waals surface area contributed by atoms with Crippen molar-refractivity contribution in [2.75, 3.05) is 6.26 Å². The maximum Gasteiger partial charge on any atom is 0.255 e. The summed E-state index contributed by atoms with van der Waals surface area (Å²) in [7, 11) is -3.15. The van der Waals surface area contributed by atoms with Crippen LogP contribution in [0.15, 0.2) is 16.7 Å². The molecule has 0 aliphatic heterocycles. The van der Waals surface area contributed by atoms with Gasteiger partial charge in [0, 0.05) is 18.7 Å². The highest BCUT2D eigenvalue weighted by atomic mass is 32.2. The van der Waals surface area contributed by atoms with Crippen LogP contribution in [-0.2, 0) is 16.3 Å². The van der Waals surface area contributed by atoms with Gasteiger partial charge in [0.1, 0.15) is 5.76 Å². The molecule has 1 N–H and O–H groups in total. The molecule has 0 saturated heterocycles. The Hall–Kier alpha value is -1.30. The number of aryl methyl sites for hydroxylation is 1. The molecule has 0 bridgehead atoms. The Morgan fingerprint density at radius 3 is 2.76 bits per heavy atom. The zero-order valence-corrected chi connectivity index (χ0v) is 13.4. The molecule has 6 heteroatoms. The third-order valence-electron chi connectivity index (χ3n) is 4.04. The van der Waals surface area contributed by atoms with E-state index in [0.717, 1.165) is 19.3 Å². The van der Waals surface area contributed by atoms with Crippen molar-refractivity contribution in [1.29, 1.82) is 0 Å². The molecule has 1 heterocycles. The van der Waals surface area contributed by atoms with Crippen LogP contribution in [0.25, 0.3) is 0 Å². The fraction of sp³-hybridized carbons (Fsp3) is 0.667. The largest absolute Gasteiger partial charge is 0.469 e. The number of nitrogens with one attached hydrogen (secondary N) is 1. The first-order valence-electron chi connectivity index (χ1n) is 7.49. The number of hydrogen-bond acceptors (Lipinski definition) is 4. The molecule has 1 aliphatic rings. The lowest BCUT2D eigenvalue weighted by Gasteiger charge is -2.30. The lowest BCUT2D eigenvalue weighted by molar-refractivity contribution is 0.0927. The van der Waals surface area contributed by atoms with E-state index in [4.69, 9.17) is 4.42 Å². The molecule has 1 fully saturated rings. The first-order chi connectivity index (χ1) is 9.93. The average Bonchev–Trinajstić information content (AvgIpc) is 2.87. The molecule has 21 heavy (non-hydrogen) atoms. The van der Waals surface area contributed by atoms with Gasteiger partial charge in [0.25, 0.3) is 5.91 Å². The Morgan fingerprint density at radius 2 is 2.10 bits per heavy atom. The molecule has 1 aromatic rings. The lowest BCUT2D eigenvalue weighted by atomic mass is 9.94. The van der Waals surface area contributed by atoms with Crippen molar-refractivity contribution in [1.82, 2.24) is 5.32 Å². The van der Waals surface area contributed by atoms with Crippen LogP contribution in [0.2, 0.25) is 0 Å². The molecular formula is C15H23NO4S. The van der Waals surface area contributed by atoms with E-state index < -0.39 is 15.1 Å². The lowest BCUT2D eigenvalue weighted by Crippen LogP contribution is -2.48. The molecule has 0 unspecified atom stereocenters. The van der Waals surface area contributed by atoms with Crippen LogP contribution in [0, 0.1) is 0 Å². The summed E-state index contributed by atoms with van der Waals surface area (Å²) in [6, 6.07) is 1.35. The monoisotopic (exact) mass is 313 g/mol. The van der Waals surface area contributed by atoms with Crippen molar-refractivity contribution in [2.45, 2.75) is 56.7 Å². The van der Waals surface area contributed by atoms with E-state index in [0.29, 0.717) is 30.6 Å². The van der Waals surface area contributed by atoms with E-state index >= 15 is 0 Å². The van der Waals surface area contributed by atoms with Gasteiger partial charge in [-0.25, -0.2) is 8.42 Å². The predicted octanol–water partition coefficient (Wildman–Crippen LogP) is 2.32. The fourth-order valence-corrected chi connectivity index (χ4v) is 4.38. The topological polar surface area (TPSA) is 76.4 Å². The summed E-state index contributed by atoms with van der Waals surface area (Å²) in [5.41, 5.74) is 0.523. The summed E-state index contributed by atoms with van der Waals surface area (Å²) >= 11 is 0. The smallest absolute Gasteiger partial charge is 0.255 e. The Morgan fingerprint density at radius 1 is 1.38 bits per heavy atom. The van der Waals surface area contributed by atoms with E-state index in [-0.39, 0.29) is 11.9 Å². The summed E-state index contributed by atoms with van der Waals surface area (Å²) in [6.45, 7) is 2.02. The number of carbonyl (C=O) groups excluding carboxylic acids is 1. The molecule has 0 aromatic carbocycles. The predicted molar refractivity (Wildman–Crippen MR) is 81.1 cm³/mol. The van der Waals surface area contributed by atoms with Gasteiger partial charge in [-0.05, 0) is 25.3 Å². The number of carbonyl (C=O) groups is 1. The van der Waals surface area contributed by atoms with Gasteiger partial charge < -0.3 is 9.73 Å². The van der Waals surface area contributed by atoms with Crippen LogP contribution >= 0.6 is 0 Å². The Bertz CT molecular complexity index is 591. The zero-order valence-electron chi connectivity index (χ0n) is 12.6. The molecule has 1 saturated carbocycles. The average molecular weight is 313 g/mol. The molecule has 5 nitrogen and oxygen atoms in total. The van der Waals surface area contributed by atoms with E-state index in [1.165, 1.54) is 12.5 Å². The van der Waals surface area contributed by atoms with Gasteiger partial charge in [-0.3, -0.25) is 4.79 Å². The number of sulfone groups is 1. The summed E-state index contributed by atoms with van der Waals surface area (Å²) in [6.07, 6.45) is 7.54. The Kier molecular flexibility index (Phi) is 5.08. The van der Waals surface area contributed by atoms with Crippen LogP contribution < -0.4 is 5.32 Å². The number of furan rings is 1. The summed E-state index contributed by atoms with van der Waals surface area (Å²) in [4.78, 5) is 12.4. The fourth-order valence-electron chi connectivity index (χ4n) is 2.98. The molecule has 0 spiro atoms. The van der Waals surface area contributed by atoms with Crippen molar-refractivity contribution in [2.24, 2.45) is 0 Å². The van der Waals surface area contributed by atoms with Gasteiger partial charge in [-0.2, -0.15) is 0 Å². The molecule has 1 aromatic heterocycles. The van der Waals surface area contributed by atoms with E-state index in [1.54, 1.807) is 6.07 Å². The third kappa shape index (κ3) is 3.87. The van der Waals surface area contributed by atoms with E-state index in [2.05, 4.69) is 5.32 Å². The molecule has 0 radical (unpaired) electrons. The highest BCUT2D eigenvalue weighted by molar-refractivity contribution is 7.91. The van der Waals surface area contributed by atoms with Crippen LogP contribution in [-0.4, -0.2) is 31.9 Å². The number of amides is 1. The van der Waals surface area contributed by atoms with Crippen LogP contribution in [0.3, 0.4) is 0 Å². The minimum atomic E-state index is -3.15.